The number of carboxylic acid groups (broad SMARTS) is 1. The van der Waals surface area contributed by atoms with Crippen molar-refractivity contribution in [2.24, 2.45) is 5.92 Å². The van der Waals surface area contributed by atoms with Gasteiger partial charge in [0.05, 0.1) is 11.4 Å². The smallest absolute Gasteiger partial charge is 0.303 e. The highest BCUT2D eigenvalue weighted by atomic mass is 127. The van der Waals surface area contributed by atoms with Crippen molar-refractivity contribution in [1.29, 1.82) is 0 Å². The molecule has 0 atom stereocenters. The zero-order valence-electron chi connectivity index (χ0n) is 9.40. The molecule has 1 aromatic carbocycles. The second kappa shape index (κ2) is 5.44. The number of carbonyl (C=O) groups is 2. The molecule has 0 aliphatic carbocycles. The third-order valence-corrected chi connectivity index (χ3v) is 4.45. The van der Waals surface area contributed by atoms with Gasteiger partial charge in [-0.1, -0.05) is 11.6 Å². The SMILES string of the molecule is O=C(O)CC1CN(C(=O)c2ccc(I)c(Cl)c2)C1. The summed E-state index contributed by atoms with van der Waals surface area (Å²) >= 11 is 8.06. The number of rotatable bonds is 3. The molecule has 0 bridgehead atoms. The average Bonchev–Trinajstić information content (AvgIpc) is 2.25. The number of nitrogens with zero attached hydrogens (tertiary/aromatic N) is 1. The van der Waals surface area contributed by atoms with Crippen LogP contribution >= 0.6 is 34.2 Å². The molecule has 1 N–H and O–H groups in total. The second-order valence-electron chi connectivity index (χ2n) is 4.30. The summed E-state index contributed by atoms with van der Waals surface area (Å²) in [6.07, 6.45) is 0.122. The first-order chi connectivity index (χ1) is 8.47. The number of halogens is 2. The molecule has 0 spiro atoms. The van der Waals surface area contributed by atoms with Crippen molar-refractivity contribution in [3.63, 3.8) is 0 Å². The minimum atomic E-state index is -0.815. The third kappa shape index (κ3) is 2.95. The van der Waals surface area contributed by atoms with Gasteiger partial charge in [0.1, 0.15) is 0 Å². The molecule has 1 aliphatic rings. The van der Waals surface area contributed by atoms with Crippen molar-refractivity contribution < 1.29 is 14.7 Å². The lowest BCUT2D eigenvalue weighted by molar-refractivity contribution is -0.139. The first kappa shape index (κ1) is 13.6. The van der Waals surface area contributed by atoms with E-state index in [0.717, 1.165) is 3.57 Å². The van der Waals surface area contributed by atoms with Gasteiger partial charge in [-0.3, -0.25) is 9.59 Å². The summed E-state index contributed by atoms with van der Waals surface area (Å²) in [5.41, 5.74) is 0.550. The predicted octanol–water partition coefficient (Wildman–Crippen LogP) is 2.49. The number of carbonyl (C=O) groups excluding carboxylic acids is 1. The number of hydrogen-bond donors (Lipinski definition) is 1. The lowest BCUT2D eigenvalue weighted by Gasteiger charge is -2.38. The Morgan fingerprint density at radius 3 is 2.67 bits per heavy atom. The molecule has 1 aromatic rings. The van der Waals surface area contributed by atoms with E-state index in [4.69, 9.17) is 16.7 Å². The Hall–Kier alpha value is -0.820. The predicted molar refractivity (Wildman–Crippen MR) is 75.8 cm³/mol. The number of likely N-dealkylation sites (tertiary alicyclic amines) is 1. The molecule has 1 saturated heterocycles. The Morgan fingerprint density at radius 1 is 1.44 bits per heavy atom. The van der Waals surface area contributed by atoms with Gasteiger partial charge in [0.2, 0.25) is 0 Å². The summed E-state index contributed by atoms with van der Waals surface area (Å²) in [5.74, 6) is -0.829. The van der Waals surface area contributed by atoms with Gasteiger partial charge < -0.3 is 10.0 Å². The van der Waals surface area contributed by atoms with Crippen LogP contribution in [-0.2, 0) is 4.79 Å². The maximum absolute atomic E-state index is 12.0. The minimum absolute atomic E-state index is 0.0748. The van der Waals surface area contributed by atoms with Gasteiger partial charge in [-0.25, -0.2) is 0 Å². The fourth-order valence-corrected chi connectivity index (χ4v) is 2.44. The Labute approximate surface area is 123 Å². The van der Waals surface area contributed by atoms with Gasteiger partial charge in [-0.15, -0.1) is 0 Å². The molecule has 96 valence electrons. The van der Waals surface area contributed by atoms with Crippen LogP contribution in [0.3, 0.4) is 0 Å². The van der Waals surface area contributed by atoms with Crippen LogP contribution in [0.25, 0.3) is 0 Å². The molecule has 1 heterocycles. The highest BCUT2D eigenvalue weighted by molar-refractivity contribution is 14.1. The first-order valence-corrected chi connectivity index (χ1v) is 6.89. The lowest BCUT2D eigenvalue weighted by Crippen LogP contribution is -2.50. The zero-order valence-corrected chi connectivity index (χ0v) is 12.3. The van der Waals surface area contributed by atoms with Gasteiger partial charge in [-0.05, 0) is 40.8 Å². The summed E-state index contributed by atoms with van der Waals surface area (Å²) in [6.45, 7) is 1.02. The van der Waals surface area contributed by atoms with Crippen molar-refractivity contribution in [3.8, 4) is 0 Å². The van der Waals surface area contributed by atoms with Gasteiger partial charge in [0.15, 0.2) is 0 Å². The van der Waals surface area contributed by atoms with Crippen molar-refractivity contribution in [2.75, 3.05) is 13.1 Å². The van der Waals surface area contributed by atoms with Crippen LogP contribution in [0.1, 0.15) is 16.8 Å². The summed E-state index contributed by atoms with van der Waals surface area (Å²) in [5, 5.41) is 9.20. The van der Waals surface area contributed by atoms with E-state index in [-0.39, 0.29) is 18.2 Å². The van der Waals surface area contributed by atoms with Crippen molar-refractivity contribution in [1.82, 2.24) is 4.90 Å². The van der Waals surface area contributed by atoms with Gasteiger partial charge >= 0.3 is 5.97 Å². The largest absolute Gasteiger partial charge is 0.481 e. The van der Waals surface area contributed by atoms with Gasteiger partial charge in [0, 0.05) is 28.1 Å². The van der Waals surface area contributed by atoms with E-state index in [0.29, 0.717) is 23.7 Å². The molecule has 2 rings (SSSR count). The Bertz CT molecular complexity index is 500. The topological polar surface area (TPSA) is 57.6 Å². The van der Waals surface area contributed by atoms with Crippen LogP contribution in [0.4, 0.5) is 0 Å². The van der Waals surface area contributed by atoms with Gasteiger partial charge in [0.25, 0.3) is 5.91 Å². The highest BCUT2D eigenvalue weighted by Gasteiger charge is 2.32. The molecule has 6 heteroatoms. The third-order valence-electron chi connectivity index (χ3n) is 2.87. The monoisotopic (exact) mass is 379 g/mol. The summed E-state index contributed by atoms with van der Waals surface area (Å²) in [6, 6.07) is 5.18. The lowest BCUT2D eigenvalue weighted by atomic mass is 9.95. The fraction of sp³-hybridized carbons (Fsp3) is 0.333. The van der Waals surface area contributed by atoms with E-state index < -0.39 is 5.97 Å². The van der Waals surface area contributed by atoms with Crippen molar-refractivity contribution >= 4 is 46.1 Å². The quantitative estimate of drug-likeness (QED) is 0.821. The Morgan fingerprint density at radius 2 is 2.11 bits per heavy atom. The Balaban J connectivity index is 1.97. The van der Waals surface area contributed by atoms with Gasteiger partial charge in [-0.2, -0.15) is 0 Å². The highest BCUT2D eigenvalue weighted by Crippen LogP contribution is 2.24. The van der Waals surface area contributed by atoms with E-state index in [2.05, 4.69) is 22.6 Å². The van der Waals surface area contributed by atoms with Crippen LogP contribution < -0.4 is 0 Å². The number of benzene rings is 1. The first-order valence-electron chi connectivity index (χ1n) is 5.43. The Kier molecular flexibility index (Phi) is 4.11. The van der Waals surface area contributed by atoms with E-state index in [1.807, 2.05) is 0 Å². The molecule has 0 saturated carbocycles. The normalized spacial score (nSPS) is 15.3. The van der Waals surface area contributed by atoms with Crippen LogP contribution in [-0.4, -0.2) is 35.0 Å². The maximum Gasteiger partial charge on any atom is 0.303 e. The van der Waals surface area contributed by atoms with E-state index >= 15 is 0 Å². The number of amides is 1. The summed E-state index contributed by atoms with van der Waals surface area (Å²) < 4.78 is 0.901. The van der Waals surface area contributed by atoms with Crippen LogP contribution in [0, 0.1) is 9.49 Å². The van der Waals surface area contributed by atoms with E-state index in [1.54, 1.807) is 23.1 Å². The number of aliphatic carboxylic acids is 1. The van der Waals surface area contributed by atoms with Crippen molar-refractivity contribution in [3.05, 3.63) is 32.4 Å². The fourth-order valence-electron chi connectivity index (χ4n) is 1.92. The molecular formula is C12H11ClINO3. The second-order valence-corrected chi connectivity index (χ2v) is 5.87. The maximum atomic E-state index is 12.0. The molecule has 1 amide bonds. The standard InChI is InChI=1S/C12H11ClINO3/c13-9-4-8(1-2-10(9)14)12(18)15-5-7(6-15)3-11(16)17/h1-2,4,7H,3,5-6H2,(H,16,17). The van der Waals surface area contributed by atoms with Crippen LogP contribution in [0.5, 0.6) is 0 Å². The summed E-state index contributed by atoms with van der Waals surface area (Å²) in [4.78, 5) is 24.2. The zero-order chi connectivity index (χ0) is 13.3. The van der Waals surface area contributed by atoms with E-state index in [1.165, 1.54) is 0 Å². The number of carboxylic acids is 1. The molecule has 4 nitrogen and oxygen atoms in total. The number of hydrogen-bond acceptors (Lipinski definition) is 2. The molecule has 1 fully saturated rings. The summed E-state index contributed by atoms with van der Waals surface area (Å²) in [7, 11) is 0. The molecule has 1 aliphatic heterocycles. The molecule has 18 heavy (non-hydrogen) atoms. The van der Waals surface area contributed by atoms with E-state index in [9.17, 15) is 9.59 Å². The molecular weight excluding hydrogens is 368 g/mol. The molecule has 0 unspecified atom stereocenters. The van der Waals surface area contributed by atoms with Crippen molar-refractivity contribution in [2.45, 2.75) is 6.42 Å². The van der Waals surface area contributed by atoms with Crippen LogP contribution in [0.15, 0.2) is 18.2 Å². The molecule has 0 aromatic heterocycles. The minimum Gasteiger partial charge on any atom is -0.481 e. The average molecular weight is 380 g/mol. The molecule has 0 radical (unpaired) electrons. The van der Waals surface area contributed by atoms with Crippen LogP contribution in [0.2, 0.25) is 5.02 Å².